The minimum Gasteiger partial charge on any atom is -0.361 e. The molecule has 0 aliphatic heterocycles. The van der Waals surface area contributed by atoms with Gasteiger partial charge < -0.3 is 14.8 Å². The van der Waals surface area contributed by atoms with Crippen molar-refractivity contribution in [2.24, 2.45) is 0 Å². The summed E-state index contributed by atoms with van der Waals surface area (Å²) >= 11 is 3.49. The van der Waals surface area contributed by atoms with E-state index < -0.39 is 0 Å². The second-order valence-corrected chi connectivity index (χ2v) is 7.32. The minimum atomic E-state index is -0.381. The van der Waals surface area contributed by atoms with Crippen LogP contribution in [0.25, 0.3) is 10.9 Å². The van der Waals surface area contributed by atoms with E-state index in [2.05, 4.69) is 47.5 Å². The molecule has 0 saturated heterocycles. The summed E-state index contributed by atoms with van der Waals surface area (Å²) in [4.78, 5) is 19.7. The van der Waals surface area contributed by atoms with Crippen LogP contribution in [0, 0.1) is 13.8 Å². The first-order chi connectivity index (χ1) is 13.5. The molecule has 0 fully saturated rings. The van der Waals surface area contributed by atoms with Crippen LogP contribution in [-0.4, -0.2) is 37.4 Å². The maximum absolute atomic E-state index is 12.3. The SMILES string of the molecule is Cc1nn(Cc2noc(C(=O)NCCc3c[nH]c4ccccc34)n2)c(C)c1Br. The molecule has 0 spiro atoms. The van der Waals surface area contributed by atoms with Crippen molar-refractivity contribution >= 4 is 32.7 Å². The quantitative estimate of drug-likeness (QED) is 0.477. The van der Waals surface area contributed by atoms with E-state index in [1.165, 1.54) is 0 Å². The van der Waals surface area contributed by atoms with Gasteiger partial charge in [0.15, 0.2) is 5.82 Å². The van der Waals surface area contributed by atoms with E-state index in [4.69, 9.17) is 4.52 Å². The highest BCUT2D eigenvalue weighted by Crippen LogP contribution is 2.20. The molecule has 1 amide bonds. The Bertz CT molecular complexity index is 1140. The Morgan fingerprint density at radius 2 is 2.14 bits per heavy atom. The van der Waals surface area contributed by atoms with Crippen molar-refractivity contribution in [3.05, 3.63) is 63.6 Å². The molecule has 0 saturated carbocycles. The molecule has 0 radical (unpaired) electrons. The number of H-pyrrole nitrogens is 1. The number of aryl methyl sites for hydroxylation is 1. The average molecular weight is 443 g/mol. The number of amides is 1. The van der Waals surface area contributed by atoms with Crippen molar-refractivity contribution in [3.8, 4) is 0 Å². The zero-order valence-electron chi connectivity index (χ0n) is 15.5. The number of para-hydroxylation sites is 1. The number of nitrogens with one attached hydrogen (secondary N) is 2. The molecule has 0 atom stereocenters. The Labute approximate surface area is 169 Å². The summed E-state index contributed by atoms with van der Waals surface area (Å²) in [6.07, 6.45) is 2.67. The summed E-state index contributed by atoms with van der Waals surface area (Å²) in [5, 5.41) is 12.3. The molecule has 2 N–H and O–H groups in total. The second kappa shape index (κ2) is 7.59. The van der Waals surface area contributed by atoms with Gasteiger partial charge in [-0.05, 0) is 47.8 Å². The average Bonchev–Trinajstić information content (AvgIpc) is 3.38. The number of fused-ring (bicyclic) bond motifs is 1. The monoisotopic (exact) mass is 442 g/mol. The summed E-state index contributed by atoms with van der Waals surface area (Å²) < 4.78 is 7.82. The van der Waals surface area contributed by atoms with Crippen LogP contribution in [0.15, 0.2) is 39.5 Å². The number of carbonyl (C=O) groups excluding carboxylic acids is 1. The summed E-state index contributed by atoms with van der Waals surface area (Å²) in [6.45, 7) is 4.67. The number of carbonyl (C=O) groups is 1. The molecule has 0 aliphatic carbocycles. The summed E-state index contributed by atoms with van der Waals surface area (Å²) in [7, 11) is 0. The van der Waals surface area contributed by atoms with E-state index >= 15 is 0 Å². The van der Waals surface area contributed by atoms with Gasteiger partial charge in [-0.15, -0.1) is 0 Å². The summed E-state index contributed by atoms with van der Waals surface area (Å²) in [5.41, 5.74) is 4.08. The molecule has 144 valence electrons. The van der Waals surface area contributed by atoms with Gasteiger partial charge in [-0.1, -0.05) is 23.4 Å². The predicted octanol–water partition coefficient (Wildman–Crippen LogP) is 3.15. The van der Waals surface area contributed by atoms with E-state index in [-0.39, 0.29) is 11.8 Å². The molecule has 0 unspecified atom stereocenters. The smallest absolute Gasteiger partial charge is 0.316 e. The molecule has 0 bridgehead atoms. The number of halogens is 1. The van der Waals surface area contributed by atoms with E-state index in [9.17, 15) is 4.79 Å². The highest BCUT2D eigenvalue weighted by molar-refractivity contribution is 9.10. The van der Waals surface area contributed by atoms with Crippen LogP contribution in [0.2, 0.25) is 0 Å². The number of rotatable bonds is 6. The van der Waals surface area contributed by atoms with Gasteiger partial charge in [0.25, 0.3) is 0 Å². The van der Waals surface area contributed by atoms with E-state index in [1.807, 2.05) is 38.2 Å². The van der Waals surface area contributed by atoms with Crippen molar-refractivity contribution in [1.29, 1.82) is 0 Å². The van der Waals surface area contributed by atoms with Gasteiger partial charge >= 0.3 is 11.8 Å². The lowest BCUT2D eigenvalue weighted by atomic mass is 10.1. The summed E-state index contributed by atoms with van der Waals surface area (Å²) in [5.74, 6) is -0.0254. The lowest BCUT2D eigenvalue weighted by Gasteiger charge is -2.01. The van der Waals surface area contributed by atoms with Crippen molar-refractivity contribution in [2.45, 2.75) is 26.8 Å². The highest BCUT2D eigenvalue weighted by Gasteiger charge is 2.17. The Kier molecular flexibility index (Phi) is 4.99. The third kappa shape index (κ3) is 3.57. The number of hydrogen-bond acceptors (Lipinski definition) is 5. The lowest BCUT2D eigenvalue weighted by molar-refractivity contribution is 0.0910. The van der Waals surface area contributed by atoms with E-state index in [0.29, 0.717) is 25.3 Å². The molecule has 9 heteroatoms. The predicted molar refractivity (Wildman–Crippen MR) is 107 cm³/mol. The fourth-order valence-corrected chi connectivity index (χ4v) is 3.38. The third-order valence-corrected chi connectivity index (χ3v) is 5.75. The van der Waals surface area contributed by atoms with E-state index in [0.717, 1.165) is 32.3 Å². The van der Waals surface area contributed by atoms with Crippen molar-refractivity contribution in [1.82, 2.24) is 30.2 Å². The van der Waals surface area contributed by atoms with Crippen LogP contribution < -0.4 is 5.32 Å². The fraction of sp³-hybridized carbons (Fsp3) is 0.263. The van der Waals surface area contributed by atoms with Crippen LogP contribution in [0.4, 0.5) is 0 Å². The Balaban J connectivity index is 1.36. The lowest BCUT2D eigenvalue weighted by Crippen LogP contribution is -2.26. The number of nitrogens with zero attached hydrogens (tertiary/aromatic N) is 4. The first-order valence-electron chi connectivity index (χ1n) is 8.88. The van der Waals surface area contributed by atoms with Gasteiger partial charge in [-0.2, -0.15) is 10.1 Å². The second-order valence-electron chi connectivity index (χ2n) is 6.52. The van der Waals surface area contributed by atoms with Gasteiger partial charge in [-0.3, -0.25) is 9.48 Å². The zero-order valence-corrected chi connectivity index (χ0v) is 17.1. The zero-order chi connectivity index (χ0) is 19.7. The Morgan fingerprint density at radius 3 is 2.93 bits per heavy atom. The van der Waals surface area contributed by atoms with E-state index in [1.54, 1.807) is 4.68 Å². The van der Waals surface area contributed by atoms with Crippen molar-refractivity contribution < 1.29 is 9.32 Å². The fourth-order valence-electron chi connectivity index (χ4n) is 3.10. The maximum atomic E-state index is 12.3. The van der Waals surface area contributed by atoms with Crippen molar-refractivity contribution in [3.63, 3.8) is 0 Å². The molecule has 8 nitrogen and oxygen atoms in total. The van der Waals surface area contributed by atoms with Crippen LogP contribution >= 0.6 is 15.9 Å². The van der Waals surface area contributed by atoms with Crippen LogP contribution in [0.3, 0.4) is 0 Å². The highest BCUT2D eigenvalue weighted by atomic mass is 79.9. The minimum absolute atomic E-state index is 0.0467. The normalized spacial score (nSPS) is 11.2. The van der Waals surface area contributed by atoms with Gasteiger partial charge in [0.05, 0.1) is 15.9 Å². The summed E-state index contributed by atoms with van der Waals surface area (Å²) in [6, 6.07) is 8.07. The molecular weight excluding hydrogens is 424 g/mol. The number of aromatic amines is 1. The molecule has 4 rings (SSSR count). The molecule has 3 aromatic heterocycles. The standard InChI is InChI=1S/C19H19BrN6O2/c1-11-17(20)12(2)26(24-11)10-16-23-19(28-25-16)18(27)21-8-7-13-9-22-15-6-4-3-5-14(13)15/h3-6,9,22H,7-8,10H2,1-2H3,(H,21,27). The molecule has 0 aliphatic rings. The number of hydrogen-bond donors (Lipinski definition) is 2. The Morgan fingerprint density at radius 1 is 1.32 bits per heavy atom. The first-order valence-corrected chi connectivity index (χ1v) is 9.67. The molecule has 1 aromatic carbocycles. The number of benzene rings is 1. The van der Waals surface area contributed by atoms with Gasteiger partial charge in [0, 0.05) is 23.6 Å². The van der Waals surface area contributed by atoms with Gasteiger partial charge in [0.1, 0.15) is 6.54 Å². The van der Waals surface area contributed by atoms with Crippen molar-refractivity contribution in [2.75, 3.05) is 6.54 Å². The number of aromatic nitrogens is 5. The van der Waals surface area contributed by atoms with Gasteiger partial charge in [-0.25, -0.2) is 0 Å². The van der Waals surface area contributed by atoms with Crippen LogP contribution in [0.5, 0.6) is 0 Å². The van der Waals surface area contributed by atoms with Crippen LogP contribution in [0.1, 0.15) is 33.5 Å². The van der Waals surface area contributed by atoms with Crippen LogP contribution in [-0.2, 0) is 13.0 Å². The van der Waals surface area contributed by atoms with Gasteiger partial charge in [0.2, 0.25) is 0 Å². The maximum Gasteiger partial charge on any atom is 0.316 e. The third-order valence-electron chi connectivity index (χ3n) is 4.60. The molecular formula is C19H19BrN6O2. The molecule has 3 heterocycles. The molecule has 4 aromatic rings. The first kappa shape index (κ1) is 18.4. The Hall–Kier alpha value is -2.94. The molecule has 28 heavy (non-hydrogen) atoms. The topological polar surface area (TPSA) is 102 Å². The largest absolute Gasteiger partial charge is 0.361 e.